The topological polar surface area (TPSA) is 61.4 Å². The zero-order valence-corrected chi connectivity index (χ0v) is 12.1. The molecular formula is C14H28N2O2. The molecule has 1 aliphatic carbocycles. The van der Waals surface area contributed by atoms with Crippen molar-refractivity contribution in [2.75, 3.05) is 6.61 Å². The summed E-state index contributed by atoms with van der Waals surface area (Å²) < 4.78 is 0. The van der Waals surface area contributed by atoms with Crippen molar-refractivity contribution in [3.8, 4) is 0 Å². The standard InChI is InChI=1S/C14H28N2O2/c1-10(2)15-13(18)12(4)16-14(9-17)7-5-6-11(3)8-14/h10-12,16-17H,5-9H2,1-4H3,(H,15,18). The van der Waals surface area contributed by atoms with Gasteiger partial charge in [0.2, 0.25) is 5.91 Å². The van der Waals surface area contributed by atoms with Gasteiger partial charge >= 0.3 is 0 Å². The number of aliphatic hydroxyl groups is 1. The zero-order valence-electron chi connectivity index (χ0n) is 12.1. The summed E-state index contributed by atoms with van der Waals surface area (Å²) in [6.07, 6.45) is 4.24. The van der Waals surface area contributed by atoms with Crippen molar-refractivity contribution in [3.63, 3.8) is 0 Å². The van der Waals surface area contributed by atoms with E-state index in [0.29, 0.717) is 5.92 Å². The summed E-state index contributed by atoms with van der Waals surface area (Å²) in [5.74, 6) is 0.620. The number of carbonyl (C=O) groups excluding carboxylic acids is 1. The Morgan fingerprint density at radius 1 is 1.44 bits per heavy atom. The van der Waals surface area contributed by atoms with Gasteiger partial charge in [0.15, 0.2) is 0 Å². The fourth-order valence-corrected chi connectivity index (χ4v) is 2.91. The highest BCUT2D eigenvalue weighted by atomic mass is 16.3. The number of amides is 1. The van der Waals surface area contributed by atoms with Gasteiger partial charge in [-0.15, -0.1) is 0 Å². The second-order valence-electron chi connectivity index (χ2n) is 6.17. The van der Waals surface area contributed by atoms with E-state index in [1.807, 2.05) is 20.8 Å². The third kappa shape index (κ3) is 4.25. The van der Waals surface area contributed by atoms with Crippen molar-refractivity contribution >= 4 is 5.91 Å². The molecule has 3 N–H and O–H groups in total. The lowest BCUT2D eigenvalue weighted by Gasteiger charge is -2.41. The van der Waals surface area contributed by atoms with E-state index in [4.69, 9.17) is 0 Å². The Bertz CT molecular complexity index is 281. The van der Waals surface area contributed by atoms with Crippen LogP contribution < -0.4 is 10.6 Å². The van der Waals surface area contributed by atoms with E-state index in [0.717, 1.165) is 19.3 Å². The maximum absolute atomic E-state index is 11.9. The number of aliphatic hydroxyl groups excluding tert-OH is 1. The lowest BCUT2D eigenvalue weighted by molar-refractivity contribution is -0.124. The summed E-state index contributed by atoms with van der Waals surface area (Å²) in [5.41, 5.74) is -0.272. The predicted molar refractivity (Wildman–Crippen MR) is 73.3 cm³/mol. The second kappa shape index (κ2) is 6.53. The molecule has 1 aliphatic rings. The second-order valence-corrected chi connectivity index (χ2v) is 6.17. The minimum absolute atomic E-state index is 0.0102. The van der Waals surface area contributed by atoms with Gasteiger partial charge < -0.3 is 10.4 Å². The Kier molecular flexibility index (Phi) is 5.60. The molecule has 4 nitrogen and oxygen atoms in total. The van der Waals surface area contributed by atoms with Crippen molar-refractivity contribution in [1.29, 1.82) is 0 Å². The van der Waals surface area contributed by atoms with Crippen LogP contribution in [0.4, 0.5) is 0 Å². The van der Waals surface area contributed by atoms with Gasteiger partial charge in [-0.3, -0.25) is 10.1 Å². The summed E-state index contributed by atoms with van der Waals surface area (Å²) in [6.45, 7) is 8.10. The Hall–Kier alpha value is -0.610. The molecule has 0 bridgehead atoms. The van der Waals surface area contributed by atoms with Crippen molar-refractivity contribution in [1.82, 2.24) is 10.6 Å². The predicted octanol–water partition coefficient (Wildman–Crippen LogP) is 1.43. The Morgan fingerprint density at radius 3 is 2.61 bits per heavy atom. The first kappa shape index (κ1) is 15.4. The van der Waals surface area contributed by atoms with Crippen molar-refractivity contribution in [3.05, 3.63) is 0 Å². The fraction of sp³-hybridized carbons (Fsp3) is 0.929. The molecule has 4 heteroatoms. The Labute approximate surface area is 111 Å². The molecule has 0 aromatic carbocycles. The van der Waals surface area contributed by atoms with Crippen LogP contribution in [0.1, 0.15) is 53.4 Å². The molecule has 1 rings (SSSR count). The quantitative estimate of drug-likeness (QED) is 0.697. The van der Waals surface area contributed by atoms with Crippen LogP contribution in [-0.4, -0.2) is 35.2 Å². The average Bonchev–Trinajstić information content (AvgIpc) is 2.28. The minimum Gasteiger partial charge on any atom is -0.394 e. The first-order chi connectivity index (χ1) is 8.38. The minimum atomic E-state index is -0.272. The van der Waals surface area contributed by atoms with Gasteiger partial charge in [0.25, 0.3) is 0 Å². The molecule has 0 aromatic heterocycles. The van der Waals surface area contributed by atoms with Gasteiger partial charge in [-0.1, -0.05) is 19.8 Å². The van der Waals surface area contributed by atoms with E-state index in [1.165, 1.54) is 6.42 Å². The van der Waals surface area contributed by atoms with E-state index in [-0.39, 0.29) is 30.1 Å². The van der Waals surface area contributed by atoms with Gasteiger partial charge in [-0.2, -0.15) is 0 Å². The van der Waals surface area contributed by atoms with Crippen LogP contribution in [-0.2, 0) is 4.79 Å². The summed E-state index contributed by atoms with van der Waals surface area (Å²) in [6, 6.07) is -0.109. The van der Waals surface area contributed by atoms with Gasteiger partial charge in [-0.25, -0.2) is 0 Å². The van der Waals surface area contributed by atoms with E-state index >= 15 is 0 Å². The normalized spacial score (nSPS) is 30.2. The van der Waals surface area contributed by atoms with Crippen molar-refractivity contribution < 1.29 is 9.90 Å². The van der Waals surface area contributed by atoms with Crippen molar-refractivity contribution in [2.45, 2.75) is 71.0 Å². The number of carbonyl (C=O) groups is 1. The zero-order chi connectivity index (χ0) is 13.8. The molecule has 0 aromatic rings. The van der Waals surface area contributed by atoms with E-state index < -0.39 is 0 Å². The molecule has 18 heavy (non-hydrogen) atoms. The molecule has 0 saturated heterocycles. The van der Waals surface area contributed by atoms with E-state index in [1.54, 1.807) is 0 Å². The highest BCUT2D eigenvalue weighted by molar-refractivity contribution is 5.81. The Morgan fingerprint density at radius 2 is 2.11 bits per heavy atom. The summed E-state index contributed by atoms with van der Waals surface area (Å²) in [7, 11) is 0. The molecule has 0 heterocycles. The first-order valence-corrected chi connectivity index (χ1v) is 7.07. The number of rotatable bonds is 5. The number of hydrogen-bond acceptors (Lipinski definition) is 3. The molecule has 0 radical (unpaired) electrons. The van der Waals surface area contributed by atoms with Gasteiger partial charge in [0.1, 0.15) is 0 Å². The van der Waals surface area contributed by atoms with Crippen LogP contribution in [0.15, 0.2) is 0 Å². The fourth-order valence-electron chi connectivity index (χ4n) is 2.91. The first-order valence-electron chi connectivity index (χ1n) is 7.07. The van der Waals surface area contributed by atoms with Gasteiger partial charge in [0, 0.05) is 11.6 Å². The van der Waals surface area contributed by atoms with Crippen LogP contribution in [0, 0.1) is 5.92 Å². The summed E-state index contributed by atoms with van der Waals surface area (Å²) >= 11 is 0. The van der Waals surface area contributed by atoms with Gasteiger partial charge in [-0.05, 0) is 39.5 Å². The average molecular weight is 256 g/mol. The SMILES string of the molecule is CC1CCCC(CO)(NC(C)C(=O)NC(C)C)C1. The molecule has 3 atom stereocenters. The van der Waals surface area contributed by atoms with Crippen LogP contribution in [0.25, 0.3) is 0 Å². The largest absolute Gasteiger partial charge is 0.394 e. The van der Waals surface area contributed by atoms with Crippen LogP contribution in [0.5, 0.6) is 0 Å². The Balaban J connectivity index is 2.59. The van der Waals surface area contributed by atoms with E-state index in [2.05, 4.69) is 17.6 Å². The lowest BCUT2D eigenvalue weighted by Crippen LogP contribution is -2.58. The molecule has 1 amide bonds. The third-order valence-corrected chi connectivity index (χ3v) is 3.74. The molecule has 3 unspecified atom stereocenters. The maximum atomic E-state index is 11.9. The maximum Gasteiger partial charge on any atom is 0.237 e. The molecule has 0 spiro atoms. The van der Waals surface area contributed by atoms with Crippen LogP contribution in [0.2, 0.25) is 0 Å². The summed E-state index contributed by atoms with van der Waals surface area (Å²) in [5, 5.41) is 15.9. The highest BCUT2D eigenvalue weighted by Gasteiger charge is 2.36. The smallest absolute Gasteiger partial charge is 0.237 e. The number of hydrogen-bond donors (Lipinski definition) is 3. The van der Waals surface area contributed by atoms with Gasteiger partial charge in [0.05, 0.1) is 12.6 Å². The highest BCUT2D eigenvalue weighted by Crippen LogP contribution is 2.32. The number of nitrogens with one attached hydrogen (secondary N) is 2. The molecular weight excluding hydrogens is 228 g/mol. The molecule has 1 fully saturated rings. The lowest BCUT2D eigenvalue weighted by atomic mass is 9.76. The molecule has 1 saturated carbocycles. The van der Waals surface area contributed by atoms with E-state index in [9.17, 15) is 9.90 Å². The molecule has 106 valence electrons. The van der Waals surface area contributed by atoms with Crippen molar-refractivity contribution in [2.24, 2.45) is 5.92 Å². The van der Waals surface area contributed by atoms with Crippen LogP contribution in [0.3, 0.4) is 0 Å². The summed E-state index contributed by atoms with van der Waals surface area (Å²) in [4.78, 5) is 11.9. The molecule has 0 aliphatic heterocycles. The monoisotopic (exact) mass is 256 g/mol. The third-order valence-electron chi connectivity index (χ3n) is 3.74. The van der Waals surface area contributed by atoms with Crippen LogP contribution >= 0.6 is 0 Å².